The highest BCUT2D eigenvalue weighted by Gasteiger charge is 2.56. The number of fused-ring (bicyclic) bond motifs is 1. The second-order valence-corrected chi connectivity index (χ2v) is 7.97. The van der Waals surface area contributed by atoms with Gasteiger partial charge in [-0.3, -0.25) is 9.59 Å². The molecule has 1 N–H and O–H groups in total. The Bertz CT molecular complexity index is 862. The lowest BCUT2D eigenvalue weighted by molar-refractivity contribution is -0.138. The number of phenolic OH excluding ortho intramolecular Hbond substituents is 1. The van der Waals surface area contributed by atoms with Crippen molar-refractivity contribution in [2.24, 2.45) is 11.3 Å². The lowest BCUT2D eigenvalue weighted by Crippen LogP contribution is -2.50. The standard InChI is InChI=1S/C21H21BrO3/c1-5-13-6-8-16-19(24)11(2)12(3)20(25)21(16,4)18(13)15-10-14(22)7-9-17(15)23/h5-7,9-10,16,18,23H,1,8H2,2-4H3/t16-,18+,21+/m0/s1. The molecule has 0 aromatic heterocycles. The number of carbonyl (C=O) groups is 2. The molecule has 1 aromatic rings. The van der Waals surface area contributed by atoms with Gasteiger partial charge in [-0.15, -0.1) is 0 Å². The van der Waals surface area contributed by atoms with Crippen LogP contribution in [0.15, 0.2) is 58.1 Å². The summed E-state index contributed by atoms with van der Waals surface area (Å²) in [5, 5.41) is 10.5. The molecule has 0 saturated heterocycles. The Balaban J connectivity index is 2.31. The molecule has 3 atom stereocenters. The average Bonchev–Trinajstić information content (AvgIpc) is 2.60. The SMILES string of the molecule is C=CC1=CC[C@H]2C(=O)C(C)=C(C)C(=O)[C@@]2(C)[C@H]1c1cc(Br)ccc1O. The highest BCUT2D eigenvalue weighted by molar-refractivity contribution is 9.10. The van der Waals surface area contributed by atoms with Gasteiger partial charge in [-0.2, -0.15) is 0 Å². The van der Waals surface area contributed by atoms with Crippen molar-refractivity contribution in [1.29, 1.82) is 0 Å². The van der Waals surface area contributed by atoms with Crippen molar-refractivity contribution in [2.45, 2.75) is 33.1 Å². The van der Waals surface area contributed by atoms with Gasteiger partial charge < -0.3 is 5.11 Å². The summed E-state index contributed by atoms with van der Waals surface area (Å²) < 4.78 is 0.812. The first-order chi connectivity index (χ1) is 11.7. The smallest absolute Gasteiger partial charge is 0.166 e. The van der Waals surface area contributed by atoms with Crippen LogP contribution in [0.4, 0.5) is 0 Å². The highest BCUT2D eigenvalue weighted by Crippen LogP contribution is 2.57. The number of ketones is 2. The second kappa shape index (κ2) is 6.10. The minimum atomic E-state index is -0.933. The molecule has 4 heteroatoms. The number of hydrogen-bond acceptors (Lipinski definition) is 3. The third-order valence-electron chi connectivity index (χ3n) is 5.86. The van der Waals surface area contributed by atoms with E-state index in [0.717, 1.165) is 10.0 Å². The van der Waals surface area contributed by atoms with Crippen molar-refractivity contribution in [3.63, 3.8) is 0 Å². The molecule has 2 aliphatic rings. The largest absolute Gasteiger partial charge is 0.508 e. The van der Waals surface area contributed by atoms with Gasteiger partial charge in [0.2, 0.25) is 0 Å². The zero-order valence-corrected chi connectivity index (χ0v) is 16.2. The molecule has 0 bridgehead atoms. The van der Waals surface area contributed by atoms with Gasteiger partial charge in [0.1, 0.15) is 5.75 Å². The van der Waals surface area contributed by atoms with E-state index in [1.807, 2.05) is 19.1 Å². The van der Waals surface area contributed by atoms with E-state index in [1.54, 1.807) is 32.1 Å². The molecule has 130 valence electrons. The first-order valence-corrected chi connectivity index (χ1v) is 9.10. The van der Waals surface area contributed by atoms with E-state index < -0.39 is 17.3 Å². The number of phenols is 1. The maximum absolute atomic E-state index is 13.3. The summed E-state index contributed by atoms with van der Waals surface area (Å²) in [6.07, 6.45) is 4.21. The molecule has 3 rings (SSSR count). The Hall–Kier alpha value is -1.94. The van der Waals surface area contributed by atoms with Gasteiger partial charge >= 0.3 is 0 Å². The molecule has 0 saturated carbocycles. The van der Waals surface area contributed by atoms with Crippen LogP contribution in [0.5, 0.6) is 5.75 Å². The number of Topliss-reactive ketones (excluding diaryl/α,β-unsaturated/α-hetero) is 2. The van der Waals surface area contributed by atoms with Gasteiger partial charge in [-0.1, -0.05) is 41.6 Å². The fourth-order valence-corrected chi connectivity index (χ4v) is 4.69. The number of allylic oxidation sites excluding steroid dienone is 5. The zero-order chi connectivity index (χ0) is 18.5. The van der Waals surface area contributed by atoms with Gasteiger partial charge in [0, 0.05) is 21.9 Å². The zero-order valence-electron chi connectivity index (χ0n) is 14.6. The molecule has 0 spiro atoms. The van der Waals surface area contributed by atoms with Crippen molar-refractivity contribution < 1.29 is 14.7 Å². The van der Waals surface area contributed by atoms with Gasteiger partial charge in [0.15, 0.2) is 11.6 Å². The van der Waals surface area contributed by atoms with Gasteiger partial charge in [-0.25, -0.2) is 0 Å². The van der Waals surface area contributed by atoms with Crippen LogP contribution in [0, 0.1) is 11.3 Å². The summed E-state index contributed by atoms with van der Waals surface area (Å²) >= 11 is 3.44. The summed E-state index contributed by atoms with van der Waals surface area (Å²) in [5.41, 5.74) is 1.66. The van der Waals surface area contributed by atoms with E-state index in [9.17, 15) is 14.7 Å². The lowest BCUT2D eigenvalue weighted by atomic mass is 9.52. The van der Waals surface area contributed by atoms with E-state index >= 15 is 0 Å². The normalized spacial score (nSPS) is 29.4. The fraction of sp³-hybridized carbons (Fsp3) is 0.333. The van der Waals surface area contributed by atoms with Crippen LogP contribution in [0.2, 0.25) is 0 Å². The number of halogens is 1. The Labute approximate surface area is 156 Å². The molecule has 0 fully saturated rings. The van der Waals surface area contributed by atoms with Crippen molar-refractivity contribution in [3.05, 3.63) is 63.7 Å². The molecule has 2 aliphatic carbocycles. The number of benzene rings is 1. The molecule has 0 heterocycles. The highest BCUT2D eigenvalue weighted by atomic mass is 79.9. The van der Waals surface area contributed by atoms with E-state index in [0.29, 0.717) is 23.1 Å². The molecule has 25 heavy (non-hydrogen) atoms. The van der Waals surface area contributed by atoms with E-state index in [1.165, 1.54) is 0 Å². The van der Waals surface area contributed by atoms with Crippen LogP contribution >= 0.6 is 15.9 Å². The monoisotopic (exact) mass is 400 g/mol. The van der Waals surface area contributed by atoms with Crippen molar-refractivity contribution in [1.82, 2.24) is 0 Å². The lowest BCUT2D eigenvalue weighted by Gasteiger charge is -2.48. The van der Waals surface area contributed by atoms with Crippen LogP contribution in [-0.4, -0.2) is 16.7 Å². The fourth-order valence-electron chi connectivity index (χ4n) is 4.31. The van der Waals surface area contributed by atoms with E-state index in [-0.39, 0.29) is 17.3 Å². The molecule has 3 nitrogen and oxygen atoms in total. The number of carbonyl (C=O) groups excluding carboxylic acids is 2. The molecular weight excluding hydrogens is 380 g/mol. The maximum atomic E-state index is 13.3. The van der Waals surface area contributed by atoms with Crippen molar-refractivity contribution >= 4 is 27.5 Å². The second-order valence-electron chi connectivity index (χ2n) is 7.06. The number of rotatable bonds is 2. The van der Waals surface area contributed by atoms with Gasteiger partial charge in [-0.05, 0) is 55.2 Å². The molecular formula is C21H21BrO3. The summed E-state index contributed by atoms with van der Waals surface area (Å²) in [7, 11) is 0. The molecule has 0 aliphatic heterocycles. The molecule has 0 amide bonds. The summed E-state index contributed by atoms with van der Waals surface area (Å²) in [5.74, 6) is -0.714. The average molecular weight is 401 g/mol. The number of aromatic hydroxyl groups is 1. The predicted octanol–water partition coefficient (Wildman–Crippen LogP) is 4.87. The predicted molar refractivity (Wildman–Crippen MR) is 101 cm³/mol. The molecule has 0 radical (unpaired) electrons. The van der Waals surface area contributed by atoms with Crippen LogP contribution in [0.1, 0.15) is 38.7 Å². The van der Waals surface area contributed by atoms with E-state index in [4.69, 9.17) is 0 Å². The summed E-state index contributed by atoms with van der Waals surface area (Å²) in [4.78, 5) is 26.2. The molecule has 0 unspecified atom stereocenters. The maximum Gasteiger partial charge on any atom is 0.166 e. The minimum Gasteiger partial charge on any atom is -0.508 e. The minimum absolute atomic E-state index is 0.0218. The topological polar surface area (TPSA) is 54.4 Å². The van der Waals surface area contributed by atoms with Gasteiger partial charge in [0.25, 0.3) is 0 Å². The first-order valence-electron chi connectivity index (χ1n) is 8.30. The Morgan fingerprint density at radius 2 is 1.96 bits per heavy atom. The third-order valence-corrected chi connectivity index (χ3v) is 6.35. The van der Waals surface area contributed by atoms with Gasteiger partial charge in [0.05, 0.1) is 5.41 Å². The van der Waals surface area contributed by atoms with Crippen LogP contribution < -0.4 is 0 Å². The van der Waals surface area contributed by atoms with Crippen LogP contribution in [-0.2, 0) is 9.59 Å². The van der Waals surface area contributed by atoms with E-state index in [2.05, 4.69) is 22.5 Å². The third kappa shape index (κ3) is 2.46. The quantitative estimate of drug-likeness (QED) is 0.770. The van der Waals surface area contributed by atoms with Crippen molar-refractivity contribution in [3.8, 4) is 5.75 Å². The Kier molecular flexibility index (Phi) is 4.36. The van der Waals surface area contributed by atoms with Crippen LogP contribution in [0.25, 0.3) is 0 Å². The summed E-state index contributed by atoms with van der Waals surface area (Å²) in [6, 6.07) is 5.18. The first kappa shape index (κ1) is 17.9. The summed E-state index contributed by atoms with van der Waals surface area (Å²) in [6.45, 7) is 9.20. The molecule has 1 aromatic carbocycles. The Morgan fingerprint density at radius 3 is 2.60 bits per heavy atom. The number of hydrogen-bond donors (Lipinski definition) is 1. The van der Waals surface area contributed by atoms with Crippen LogP contribution in [0.3, 0.4) is 0 Å². The van der Waals surface area contributed by atoms with Crippen molar-refractivity contribution in [2.75, 3.05) is 0 Å². The Morgan fingerprint density at radius 1 is 1.28 bits per heavy atom.